The van der Waals surface area contributed by atoms with Gasteiger partial charge in [0.05, 0.1) is 20.8 Å². The molecule has 1 amide bonds. The van der Waals surface area contributed by atoms with Crippen molar-refractivity contribution in [1.82, 2.24) is 5.32 Å². The Balaban J connectivity index is 2.31. The number of amides is 1. The van der Waals surface area contributed by atoms with Crippen LogP contribution < -0.4 is 14.8 Å². The molecule has 0 aliphatic carbocycles. The molecule has 5 nitrogen and oxygen atoms in total. The van der Waals surface area contributed by atoms with Crippen molar-refractivity contribution in [2.75, 3.05) is 26.5 Å². The minimum absolute atomic E-state index is 0.200. The van der Waals surface area contributed by atoms with Gasteiger partial charge in [-0.05, 0) is 18.6 Å². The maximum Gasteiger partial charge on any atom is 0.257 e. The van der Waals surface area contributed by atoms with Crippen molar-refractivity contribution in [3.63, 3.8) is 0 Å². The molecule has 0 unspecified atom stereocenters. The van der Waals surface area contributed by atoms with Gasteiger partial charge in [-0.2, -0.15) is 0 Å². The summed E-state index contributed by atoms with van der Waals surface area (Å²) in [6.07, 6.45) is 2.35. The number of nitrogens with zero attached hydrogens (tertiary/aromatic N) is 1. The normalized spacial score (nSPS) is 13.5. The molecule has 0 saturated heterocycles. The van der Waals surface area contributed by atoms with Gasteiger partial charge in [0.15, 0.2) is 16.7 Å². The van der Waals surface area contributed by atoms with Crippen LogP contribution in [0.4, 0.5) is 0 Å². The van der Waals surface area contributed by atoms with E-state index in [0.29, 0.717) is 28.7 Å². The molecule has 1 aromatic rings. The second kappa shape index (κ2) is 7.17. The highest BCUT2D eigenvalue weighted by atomic mass is 32.2. The van der Waals surface area contributed by atoms with Crippen LogP contribution in [0.3, 0.4) is 0 Å². The molecule has 21 heavy (non-hydrogen) atoms. The number of methoxy groups -OCH3 is 2. The molecule has 1 N–H and O–H groups in total. The van der Waals surface area contributed by atoms with Crippen LogP contribution in [-0.4, -0.2) is 37.6 Å². The Morgan fingerprint density at radius 2 is 2.29 bits per heavy atom. The second-order valence-corrected chi connectivity index (χ2v) is 5.44. The summed E-state index contributed by atoms with van der Waals surface area (Å²) < 4.78 is 10.7. The highest BCUT2D eigenvalue weighted by Gasteiger charge is 2.17. The average Bonchev–Trinajstić information content (AvgIpc) is 2.99. The standard InChI is InChI=1S/C15H18N2O3S/c1-4-5-10-8-11(9-12(19-2)13(10)20-3)14(18)17-15-16-6-7-21-15/h4,8-9H,1,5-7H2,2-3H3,(H,16,17,18). The number of amidine groups is 1. The average molecular weight is 306 g/mol. The molecule has 1 aromatic carbocycles. The molecule has 0 saturated carbocycles. The summed E-state index contributed by atoms with van der Waals surface area (Å²) in [5.74, 6) is 1.86. The van der Waals surface area contributed by atoms with E-state index in [4.69, 9.17) is 9.47 Å². The van der Waals surface area contributed by atoms with Gasteiger partial charge in [-0.1, -0.05) is 17.8 Å². The van der Waals surface area contributed by atoms with E-state index in [2.05, 4.69) is 16.9 Å². The Hall–Kier alpha value is -1.95. The lowest BCUT2D eigenvalue weighted by molar-refractivity contribution is 0.0977. The lowest BCUT2D eigenvalue weighted by Gasteiger charge is -2.14. The summed E-state index contributed by atoms with van der Waals surface area (Å²) in [5, 5.41) is 3.47. The molecule has 112 valence electrons. The number of ether oxygens (including phenoxy) is 2. The van der Waals surface area contributed by atoms with E-state index in [1.165, 1.54) is 0 Å². The minimum atomic E-state index is -0.200. The molecule has 0 radical (unpaired) electrons. The highest BCUT2D eigenvalue weighted by molar-refractivity contribution is 8.14. The Labute approximate surface area is 128 Å². The Morgan fingerprint density at radius 1 is 1.48 bits per heavy atom. The van der Waals surface area contributed by atoms with Crippen LogP contribution in [0.2, 0.25) is 0 Å². The Bertz CT molecular complexity index is 585. The van der Waals surface area contributed by atoms with E-state index < -0.39 is 0 Å². The Kier molecular flexibility index (Phi) is 5.27. The molecule has 1 aliphatic rings. The summed E-state index contributed by atoms with van der Waals surface area (Å²) in [6.45, 7) is 4.47. The molecule has 0 bridgehead atoms. The minimum Gasteiger partial charge on any atom is -0.493 e. The van der Waals surface area contributed by atoms with Crippen molar-refractivity contribution < 1.29 is 14.3 Å². The van der Waals surface area contributed by atoms with Crippen molar-refractivity contribution in [2.24, 2.45) is 4.99 Å². The van der Waals surface area contributed by atoms with Gasteiger partial charge in [0.25, 0.3) is 5.91 Å². The summed E-state index contributed by atoms with van der Waals surface area (Å²) in [7, 11) is 3.13. The number of benzene rings is 1. The van der Waals surface area contributed by atoms with Gasteiger partial charge in [-0.15, -0.1) is 6.58 Å². The van der Waals surface area contributed by atoms with E-state index in [0.717, 1.165) is 17.9 Å². The zero-order valence-corrected chi connectivity index (χ0v) is 13.0. The van der Waals surface area contributed by atoms with Crippen LogP contribution in [0.25, 0.3) is 0 Å². The first kappa shape index (κ1) is 15.4. The molecular weight excluding hydrogens is 288 g/mol. The van der Waals surface area contributed by atoms with Crippen molar-refractivity contribution in [1.29, 1.82) is 0 Å². The third kappa shape index (κ3) is 3.58. The van der Waals surface area contributed by atoms with Gasteiger partial charge in [-0.3, -0.25) is 9.79 Å². The van der Waals surface area contributed by atoms with Crippen LogP contribution >= 0.6 is 11.8 Å². The lowest BCUT2D eigenvalue weighted by Crippen LogP contribution is -2.27. The lowest BCUT2D eigenvalue weighted by atomic mass is 10.1. The summed E-state index contributed by atoms with van der Waals surface area (Å²) in [6, 6.07) is 3.46. The SMILES string of the molecule is C=CCc1cc(C(=O)NC2=NCCS2)cc(OC)c1OC. The number of aliphatic imine (C=N–C) groups is 1. The first-order valence-corrected chi connectivity index (χ1v) is 7.52. The van der Waals surface area contributed by atoms with E-state index in [9.17, 15) is 4.79 Å². The van der Waals surface area contributed by atoms with Crippen molar-refractivity contribution in [3.05, 3.63) is 35.9 Å². The molecule has 1 heterocycles. The molecule has 2 rings (SSSR count). The fourth-order valence-corrected chi connectivity index (χ4v) is 2.78. The molecule has 0 spiro atoms. The van der Waals surface area contributed by atoms with E-state index in [-0.39, 0.29) is 5.91 Å². The first-order chi connectivity index (χ1) is 10.2. The fraction of sp³-hybridized carbons (Fsp3) is 0.333. The number of allylic oxidation sites excluding steroid dienone is 1. The molecule has 6 heteroatoms. The zero-order valence-electron chi connectivity index (χ0n) is 12.1. The first-order valence-electron chi connectivity index (χ1n) is 6.54. The maximum atomic E-state index is 12.3. The molecule has 0 aromatic heterocycles. The van der Waals surface area contributed by atoms with Crippen LogP contribution in [0.5, 0.6) is 11.5 Å². The summed E-state index contributed by atoms with van der Waals surface area (Å²) in [5.41, 5.74) is 1.37. The number of rotatable bonds is 5. The number of hydrogen-bond donors (Lipinski definition) is 1. The van der Waals surface area contributed by atoms with Crippen molar-refractivity contribution in [2.45, 2.75) is 6.42 Å². The molecule has 1 aliphatic heterocycles. The number of carbonyl (C=O) groups is 1. The van der Waals surface area contributed by atoms with Crippen LogP contribution in [0.1, 0.15) is 15.9 Å². The van der Waals surface area contributed by atoms with Gasteiger partial charge in [-0.25, -0.2) is 0 Å². The van der Waals surface area contributed by atoms with Gasteiger partial charge in [0.2, 0.25) is 0 Å². The summed E-state index contributed by atoms with van der Waals surface area (Å²) in [4.78, 5) is 16.5. The molecular formula is C15H18N2O3S. The highest BCUT2D eigenvalue weighted by Crippen LogP contribution is 2.33. The van der Waals surface area contributed by atoms with E-state index >= 15 is 0 Å². The van der Waals surface area contributed by atoms with Gasteiger partial charge >= 0.3 is 0 Å². The predicted octanol–water partition coefficient (Wildman–Crippen LogP) is 2.26. The van der Waals surface area contributed by atoms with Crippen molar-refractivity contribution in [3.8, 4) is 11.5 Å². The summed E-state index contributed by atoms with van der Waals surface area (Å²) >= 11 is 1.54. The number of carbonyl (C=O) groups excluding carboxylic acids is 1. The van der Waals surface area contributed by atoms with Crippen LogP contribution in [0, 0.1) is 0 Å². The monoisotopic (exact) mass is 306 g/mol. The fourth-order valence-electron chi connectivity index (χ4n) is 2.06. The largest absolute Gasteiger partial charge is 0.493 e. The third-order valence-electron chi connectivity index (χ3n) is 2.99. The van der Waals surface area contributed by atoms with E-state index in [1.54, 1.807) is 44.2 Å². The smallest absolute Gasteiger partial charge is 0.257 e. The van der Waals surface area contributed by atoms with Crippen LogP contribution in [-0.2, 0) is 6.42 Å². The topological polar surface area (TPSA) is 59.9 Å². The van der Waals surface area contributed by atoms with Gasteiger partial charge in [0, 0.05) is 16.9 Å². The molecule has 0 atom stereocenters. The predicted molar refractivity (Wildman–Crippen MR) is 85.7 cm³/mol. The van der Waals surface area contributed by atoms with Crippen molar-refractivity contribution >= 4 is 22.8 Å². The van der Waals surface area contributed by atoms with E-state index in [1.807, 2.05) is 0 Å². The quantitative estimate of drug-likeness (QED) is 0.848. The third-order valence-corrected chi connectivity index (χ3v) is 3.88. The Morgan fingerprint density at radius 3 is 2.86 bits per heavy atom. The van der Waals surface area contributed by atoms with Gasteiger partial charge < -0.3 is 14.8 Å². The van der Waals surface area contributed by atoms with Gasteiger partial charge in [0.1, 0.15) is 0 Å². The molecule has 0 fully saturated rings. The second-order valence-electron chi connectivity index (χ2n) is 4.35. The number of hydrogen-bond acceptors (Lipinski definition) is 5. The maximum absolute atomic E-state index is 12.3. The van der Waals surface area contributed by atoms with Crippen LogP contribution in [0.15, 0.2) is 29.8 Å². The number of thioether (sulfide) groups is 1. The zero-order chi connectivity index (χ0) is 15.2. The number of nitrogens with one attached hydrogen (secondary N) is 1.